The Hall–Kier alpha value is -0.900. The highest BCUT2D eigenvalue weighted by molar-refractivity contribution is 4.97. The van der Waals surface area contributed by atoms with Gasteiger partial charge in [-0.3, -0.25) is 0 Å². The number of aromatic nitrogens is 3. The fourth-order valence-corrected chi connectivity index (χ4v) is 2.77. The van der Waals surface area contributed by atoms with Gasteiger partial charge in [-0.1, -0.05) is 33.1 Å². The third-order valence-electron chi connectivity index (χ3n) is 3.63. The molecular weight excluding hydrogens is 212 g/mol. The molecule has 1 heterocycles. The Balaban J connectivity index is 2.09. The predicted octanol–water partition coefficient (Wildman–Crippen LogP) is 2.83. The SMILES string of the molecule is CC(C)C[C@@H](N)c1nncn1C1CCCCC1. The van der Waals surface area contributed by atoms with Crippen LogP contribution in [-0.4, -0.2) is 14.8 Å². The van der Waals surface area contributed by atoms with E-state index in [1.807, 2.05) is 6.33 Å². The van der Waals surface area contributed by atoms with Crippen LogP contribution in [0.3, 0.4) is 0 Å². The van der Waals surface area contributed by atoms with Gasteiger partial charge in [0.1, 0.15) is 12.2 Å². The van der Waals surface area contributed by atoms with Crippen molar-refractivity contribution in [2.24, 2.45) is 11.7 Å². The average molecular weight is 236 g/mol. The molecule has 1 aromatic heterocycles. The van der Waals surface area contributed by atoms with E-state index in [2.05, 4.69) is 28.6 Å². The average Bonchev–Trinajstić information content (AvgIpc) is 2.78. The lowest BCUT2D eigenvalue weighted by molar-refractivity contribution is 0.335. The van der Waals surface area contributed by atoms with Gasteiger partial charge in [0.15, 0.2) is 0 Å². The summed E-state index contributed by atoms with van der Waals surface area (Å²) in [5.41, 5.74) is 6.22. The fraction of sp³-hybridized carbons (Fsp3) is 0.846. The van der Waals surface area contributed by atoms with Gasteiger partial charge in [0, 0.05) is 6.04 Å². The maximum absolute atomic E-state index is 6.22. The van der Waals surface area contributed by atoms with Crippen LogP contribution < -0.4 is 5.73 Å². The van der Waals surface area contributed by atoms with Gasteiger partial charge in [-0.2, -0.15) is 0 Å². The van der Waals surface area contributed by atoms with Crippen LogP contribution in [0.15, 0.2) is 6.33 Å². The van der Waals surface area contributed by atoms with E-state index in [0.717, 1.165) is 12.2 Å². The molecule has 0 radical (unpaired) electrons. The van der Waals surface area contributed by atoms with Gasteiger partial charge in [-0.25, -0.2) is 0 Å². The van der Waals surface area contributed by atoms with Gasteiger partial charge in [0.25, 0.3) is 0 Å². The molecule has 2 rings (SSSR count). The molecule has 1 saturated carbocycles. The van der Waals surface area contributed by atoms with Crippen molar-refractivity contribution in [2.75, 3.05) is 0 Å². The van der Waals surface area contributed by atoms with Crippen LogP contribution in [0.5, 0.6) is 0 Å². The minimum Gasteiger partial charge on any atom is -0.321 e. The second kappa shape index (κ2) is 5.63. The molecule has 1 aliphatic carbocycles. The van der Waals surface area contributed by atoms with Gasteiger partial charge in [0.2, 0.25) is 0 Å². The topological polar surface area (TPSA) is 56.7 Å². The lowest BCUT2D eigenvalue weighted by Crippen LogP contribution is -2.22. The first-order valence-electron chi connectivity index (χ1n) is 6.83. The lowest BCUT2D eigenvalue weighted by Gasteiger charge is -2.25. The fourth-order valence-electron chi connectivity index (χ4n) is 2.77. The Morgan fingerprint density at radius 2 is 2.06 bits per heavy atom. The van der Waals surface area contributed by atoms with Crippen LogP contribution in [0, 0.1) is 5.92 Å². The molecule has 0 saturated heterocycles. The molecule has 4 heteroatoms. The summed E-state index contributed by atoms with van der Waals surface area (Å²) in [4.78, 5) is 0. The quantitative estimate of drug-likeness (QED) is 0.874. The van der Waals surface area contributed by atoms with Crippen LogP contribution >= 0.6 is 0 Å². The second-order valence-electron chi connectivity index (χ2n) is 5.62. The standard InChI is InChI=1S/C13H24N4/c1-10(2)8-12(14)13-16-15-9-17(13)11-6-4-3-5-7-11/h9-12H,3-8,14H2,1-2H3/t12-/m1/s1. The summed E-state index contributed by atoms with van der Waals surface area (Å²) >= 11 is 0. The monoisotopic (exact) mass is 236 g/mol. The molecule has 1 aromatic rings. The number of rotatable bonds is 4. The molecule has 1 aliphatic rings. The van der Waals surface area contributed by atoms with Crippen molar-refractivity contribution in [3.63, 3.8) is 0 Å². The van der Waals surface area contributed by atoms with E-state index in [1.54, 1.807) is 0 Å². The molecule has 1 atom stereocenters. The molecule has 1 fully saturated rings. The third kappa shape index (κ3) is 3.06. The predicted molar refractivity (Wildman–Crippen MR) is 68.5 cm³/mol. The zero-order valence-corrected chi connectivity index (χ0v) is 11.0. The van der Waals surface area contributed by atoms with Crippen LogP contribution in [0.25, 0.3) is 0 Å². The van der Waals surface area contributed by atoms with Crippen LogP contribution in [0.4, 0.5) is 0 Å². The highest BCUT2D eigenvalue weighted by Gasteiger charge is 2.22. The second-order valence-corrected chi connectivity index (χ2v) is 5.62. The molecule has 0 aromatic carbocycles. The number of hydrogen-bond donors (Lipinski definition) is 1. The Morgan fingerprint density at radius 3 is 2.71 bits per heavy atom. The molecule has 17 heavy (non-hydrogen) atoms. The normalized spacial score (nSPS) is 19.8. The van der Waals surface area contributed by atoms with Crippen molar-refractivity contribution in [3.8, 4) is 0 Å². The molecule has 2 N–H and O–H groups in total. The first-order valence-corrected chi connectivity index (χ1v) is 6.83. The molecular formula is C13H24N4. The summed E-state index contributed by atoms with van der Waals surface area (Å²) in [7, 11) is 0. The van der Waals surface area contributed by atoms with Crippen molar-refractivity contribution in [3.05, 3.63) is 12.2 Å². The van der Waals surface area contributed by atoms with E-state index >= 15 is 0 Å². The molecule has 0 spiro atoms. The van der Waals surface area contributed by atoms with Gasteiger partial charge >= 0.3 is 0 Å². The van der Waals surface area contributed by atoms with Crippen LogP contribution in [-0.2, 0) is 0 Å². The maximum atomic E-state index is 6.22. The largest absolute Gasteiger partial charge is 0.321 e. The number of hydrogen-bond acceptors (Lipinski definition) is 3. The smallest absolute Gasteiger partial charge is 0.150 e. The van der Waals surface area contributed by atoms with Crippen molar-refractivity contribution >= 4 is 0 Å². The van der Waals surface area contributed by atoms with Crippen molar-refractivity contribution in [1.29, 1.82) is 0 Å². The zero-order chi connectivity index (χ0) is 12.3. The maximum Gasteiger partial charge on any atom is 0.150 e. The van der Waals surface area contributed by atoms with E-state index in [0.29, 0.717) is 12.0 Å². The van der Waals surface area contributed by atoms with Crippen LogP contribution in [0.2, 0.25) is 0 Å². The van der Waals surface area contributed by atoms with Crippen molar-refractivity contribution in [1.82, 2.24) is 14.8 Å². The third-order valence-corrected chi connectivity index (χ3v) is 3.63. The van der Waals surface area contributed by atoms with Crippen LogP contribution in [0.1, 0.15) is 70.3 Å². The van der Waals surface area contributed by atoms with E-state index in [-0.39, 0.29) is 6.04 Å². The Morgan fingerprint density at radius 1 is 1.35 bits per heavy atom. The summed E-state index contributed by atoms with van der Waals surface area (Å²) in [5, 5.41) is 8.29. The first-order chi connectivity index (χ1) is 8.18. The van der Waals surface area contributed by atoms with E-state index in [1.165, 1.54) is 32.1 Å². The van der Waals surface area contributed by atoms with E-state index < -0.39 is 0 Å². The summed E-state index contributed by atoms with van der Waals surface area (Å²) in [6.45, 7) is 4.39. The summed E-state index contributed by atoms with van der Waals surface area (Å²) in [6.07, 6.45) is 9.35. The summed E-state index contributed by atoms with van der Waals surface area (Å²) < 4.78 is 2.23. The minimum absolute atomic E-state index is 0.0272. The lowest BCUT2D eigenvalue weighted by atomic mass is 9.95. The Kier molecular flexibility index (Phi) is 4.15. The zero-order valence-electron chi connectivity index (χ0n) is 11.0. The molecule has 0 amide bonds. The minimum atomic E-state index is 0.0272. The molecule has 0 aliphatic heterocycles. The molecule has 4 nitrogen and oxygen atoms in total. The van der Waals surface area contributed by atoms with E-state index in [4.69, 9.17) is 5.73 Å². The van der Waals surface area contributed by atoms with Gasteiger partial charge in [-0.05, 0) is 25.2 Å². The molecule has 0 unspecified atom stereocenters. The molecule has 96 valence electrons. The Bertz CT molecular complexity index is 339. The number of nitrogens with zero attached hydrogens (tertiary/aromatic N) is 3. The van der Waals surface area contributed by atoms with Crippen molar-refractivity contribution in [2.45, 2.75) is 64.5 Å². The highest BCUT2D eigenvalue weighted by Crippen LogP contribution is 2.30. The number of nitrogens with two attached hydrogens (primary N) is 1. The molecule has 0 bridgehead atoms. The van der Waals surface area contributed by atoms with E-state index in [9.17, 15) is 0 Å². The summed E-state index contributed by atoms with van der Waals surface area (Å²) in [5.74, 6) is 1.58. The van der Waals surface area contributed by atoms with Crippen molar-refractivity contribution < 1.29 is 0 Å². The highest BCUT2D eigenvalue weighted by atomic mass is 15.3. The van der Waals surface area contributed by atoms with Gasteiger partial charge in [0.05, 0.1) is 6.04 Å². The Labute approximate surface area is 104 Å². The van der Waals surface area contributed by atoms with Gasteiger partial charge < -0.3 is 10.3 Å². The first kappa shape index (κ1) is 12.6. The van der Waals surface area contributed by atoms with Gasteiger partial charge in [-0.15, -0.1) is 10.2 Å². The summed E-state index contributed by atoms with van der Waals surface area (Å²) in [6, 6.07) is 0.603.